The van der Waals surface area contributed by atoms with Crippen molar-refractivity contribution in [2.75, 3.05) is 0 Å². The Morgan fingerprint density at radius 1 is 1.09 bits per heavy atom. The molecular weight excluding hydrogens is 288 g/mol. The van der Waals surface area contributed by atoms with Gasteiger partial charge in [-0.25, -0.2) is 4.98 Å². The minimum Gasteiger partial charge on any atom is -0.446 e. The summed E-state index contributed by atoms with van der Waals surface area (Å²) in [5.74, 6) is 1.69. The highest BCUT2D eigenvalue weighted by molar-refractivity contribution is 6.04. The molecule has 0 spiro atoms. The minimum atomic E-state index is 0.757. The van der Waals surface area contributed by atoms with E-state index in [0.717, 1.165) is 52.2 Å². The molecular formula is C18H17N4O+. The molecule has 0 saturated carbocycles. The molecule has 0 aliphatic rings. The fourth-order valence-electron chi connectivity index (χ4n) is 2.69. The number of rotatable bonds is 4. The fourth-order valence-corrected chi connectivity index (χ4v) is 2.69. The number of aromatic nitrogens is 3. The Labute approximate surface area is 133 Å². The van der Waals surface area contributed by atoms with E-state index in [-0.39, 0.29) is 0 Å². The summed E-state index contributed by atoms with van der Waals surface area (Å²) in [5.41, 5.74) is 3.65. The van der Waals surface area contributed by atoms with E-state index < -0.39 is 0 Å². The minimum absolute atomic E-state index is 0.757. The number of benzene rings is 1. The van der Waals surface area contributed by atoms with Crippen LogP contribution in [0.25, 0.3) is 22.1 Å². The second-order valence-corrected chi connectivity index (χ2v) is 5.42. The number of quaternary nitrogens is 1. The summed E-state index contributed by atoms with van der Waals surface area (Å²) in [6, 6.07) is 12.0. The highest BCUT2D eigenvalue weighted by Crippen LogP contribution is 2.29. The van der Waals surface area contributed by atoms with Gasteiger partial charge in [0.1, 0.15) is 23.5 Å². The van der Waals surface area contributed by atoms with E-state index in [1.54, 1.807) is 6.20 Å². The predicted octanol–water partition coefficient (Wildman–Crippen LogP) is 2.73. The number of aryl methyl sites for hydroxylation is 1. The van der Waals surface area contributed by atoms with Crippen molar-refractivity contribution in [2.45, 2.75) is 19.9 Å². The first-order valence-electron chi connectivity index (χ1n) is 7.75. The first-order valence-corrected chi connectivity index (χ1v) is 7.75. The molecule has 5 heteroatoms. The summed E-state index contributed by atoms with van der Waals surface area (Å²) >= 11 is 0. The molecule has 0 aliphatic carbocycles. The van der Waals surface area contributed by atoms with Crippen LogP contribution in [0.5, 0.6) is 0 Å². The van der Waals surface area contributed by atoms with E-state index in [0.29, 0.717) is 0 Å². The normalized spacial score (nSPS) is 11.3. The second kappa shape index (κ2) is 5.78. The Balaban J connectivity index is 1.81. The zero-order valence-electron chi connectivity index (χ0n) is 12.9. The molecule has 2 N–H and O–H groups in total. The van der Waals surface area contributed by atoms with Gasteiger partial charge in [0.25, 0.3) is 5.82 Å². The first kappa shape index (κ1) is 13.8. The lowest BCUT2D eigenvalue weighted by molar-refractivity contribution is -0.591. The number of hydrogen-bond acceptors (Lipinski definition) is 4. The van der Waals surface area contributed by atoms with Crippen molar-refractivity contribution in [1.82, 2.24) is 15.0 Å². The van der Waals surface area contributed by atoms with Gasteiger partial charge in [-0.2, -0.15) is 4.98 Å². The van der Waals surface area contributed by atoms with E-state index in [4.69, 9.17) is 4.42 Å². The molecule has 3 heterocycles. The van der Waals surface area contributed by atoms with Gasteiger partial charge in [0.15, 0.2) is 0 Å². The summed E-state index contributed by atoms with van der Waals surface area (Å²) in [5, 5.41) is 3.12. The van der Waals surface area contributed by atoms with Crippen molar-refractivity contribution in [3.8, 4) is 0 Å². The summed E-state index contributed by atoms with van der Waals surface area (Å²) in [7, 11) is 0. The van der Waals surface area contributed by atoms with Crippen LogP contribution in [-0.4, -0.2) is 15.0 Å². The van der Waals surface area contributed by atoms with Gasteiger partial charge in [-0.15, -0.1) is 0 Å². The Hall–Kier alpha value is -2.79. The first-order chi connectivity index (χ1) is 11.3. The number of para-hydroxylation sites is 1. The number of hydrogen-bond donors (Lipinski definition) is 1. The van der Waals surface area contributed by atoms with Crippen LogP contribution in [-0.2, 0) is 13.0 Å². The van der Waals surface area contributed by atoms with Crippen LogP contribution in [0.15, 0.2) is 53.2 Å². The van der Waals surface area contributed by atoms with Crippen molar-refractivity contribution >= 4 is 27.9 Å². The van der Waals surface area contributed by atoms with Crippen LogP contribution in [0.2, 0.25) is 0 Å². The molecule has 5 nitrogen and oxygen atoms in total. The largest absolute Gasteiger partial charge is 0.446 e. The average molecular weight is 305 g/mol. The lowest BCUT2D eigenvalue weighted by Crippen LogP contribution is -2.76. The topological polar surface area (TPSA) is 68.4 Å². The molecule has 4 aromatic rings. The third-order valence-electron chi connectivity index (χ3n) is 3.86. The van der Waals surface area contributed by atoms with Crippen LogP contribution >= 0.6 is 0 Å². The average Bonchev–Trinajstić information content (AvgIpc) is 2.99. The van der Waals surface area contributed by atoms with Gasteiger partial charge in [0.2, 0.25) is 5.58 Å². The highest BCUT2D eigenvalue weighted by atomic mass is 16.3. The number of nitrogens with two attached hydrogens (primary N) is 1. The molecule has 0 radical (unpaired) electrons. The third kappa shape index (κ3) is 2.55. The molecule has 0 aliphatic heterocycles. The van der Waals surface area contributed by atoms with E-state index in [1.165, 1.54) is 0 Å². The van der Waals surface area contributed by atoms with Gasteiger partial charge in [-0.1, -0.05) is 25.1 Å². The highest BCUT2D eigenvalue weighted by Gasteiger charge is 2.17. The number of nitrogens with zero attached hydrogens (tertiary/aromatic N) is 3. The van der Waals surface area contributed by atoms with Crippen LogP contribution in [0.3, 0.4) is 0 Å². The predicted molar refractivity (Wildman–Crippen MR) is 88.2 cm³/mol. The number of furan rings is 1. The van der Waals surface area contributed by atoms with E-state index in [9.17, 15) is 0 Å². The van der Waals surface area contributed by atoms with Crippen LogP contribution < -0.4 is 5.32 Å². The maximum atomic E-state index is 6.00. The van der Waals surface area contributed by atoms with Gasteiger partial charge in [0.05, 0.1) is 0 Å². The maximum Gasteiger partial charge on any atom is 0.272 e. The zero-order valence-corrected chi connectivity index (χ0v) is 12.9. The van der Waals surface area contributed by atoms with Crippen molar-refractivity contribution in [3.63, 3.8) is 0 Å². The Kier molecular flexibility index (Phi) is 3.48. The molecule has 0 fully saturated rings. The summed E-state index contributed by atoms with van der Waals surface area (Å²) in [6.07, 6.45) is 4.44. The fraction of sp³-hybridized carbons (Fsp3) is 0.167. The van der Waals surface area contributed by atoms with Crippen molar-refractivity contribution in [3.05, 3.63) is 60.2 Å². The molecule has 0 bridgehead atoms. The number of pyridine rings is 1. The third-order valence-corrected chi connectivity index (χ3v) is 3.86. The summed E-state index contributed by atoms with van der Waals surface area (Å²) in [6.45, 7) is 2.83. The lowest BCUT2D eigenvalue weighted by Gasteiger charge is -2.02. The zero-order chi connectivity index (χ0) is 15.6. The SMILES string of the molecule is CCc1nc([NH2+]Cc2cccnc2)c2oc3ccccc3c2n1. The molecule has 0 atom stereocenters. The van der Waals surface area contributed by atoms with Crippen LogP contribution in [0.4, 0.5) is 5.82 Å². The lowest BCUT2D eigenvalue weighted by atomic mass is 10.2. The van der Waals surface area contributed by atoms with Crippen molar-refractivity contribution < 1.29 is 9.73 Å². The van der Waals surface area contributed by atoms with Crippen LogP contribution in [0, 0.1) is 0 Å². The van der Waals surface area contributed by atoms with Crippen molar-refractivity contribution in [1.29, 1.82) is 0 Å². The molecule has 0 saturated heterocycles. The molecule has 0 amide bonds. The Morgan fingerprint density at radius 3 is 2.83 bits per heavy atom. The Bertz CT molecular complexity index is 963. The molecule has 23 heavy (non-hydrogen) atoms. The molecule has 4 rings (SSSR count). The van der Waals surface area contributed by atoms with Crippen molar-refractivity contribution in [2.24, 2.45) is 0 Å². The second-order valence-electron chi connectivity index (χ2n) is 5.42. The summed E-state index contributed by atoms with van der Waals surface area (Å²) < 4.78 is 6.00. The van der Waals surface area contributed by atoms with Gasteiger partial charge in [0, 0.05) is 29.8 Å². The van der Waals surface area contributed by atoms with Crippen LogP contribution in [0.1, 0.15) is 18.3 Å². The quantitative estimate of drug-likeness (QED) is 0.629. The standard InChI is InChI=1S/C18H16N4O/c1-2-15-21-16-13-7-3-4-8-14(13)23-17(16)18(22-15)20-11-12-6-5-9-19-10-12/h3-10H,2,11H2,1H3,(H,20,21,22)/p+1. The smallest absolute Gasteiger partial charge is 0.272 e. The monoisotopic (exact) mass is 305 g/mol. The van der Waals surface area contributed by atoms with Gasteiger partial charge >= 0.3 is 0 Å². The molecule has 3 aromatic heterocycles. The molecule has 1 aromatic carbocycles. The van der Waals surface area contributed by atoms with Gasteiger partial charge in [-0.3, -0.25) is 10.3 Å². The van der Waals surface area contributed by atoms with E-state index in [2.05, 4.69) is 33.3 Å². The maximum absolute atomic E-state index is 6.00. The van der Waals surface area contributed by atoms with Gasteiger partial charge in [-0.05, 0) is 18.2 Å². The summed E-state index contributed by atoms with van der Waals surface area (Å²) in [4.78, 5) is 13.5. The van der Waals surface area contributed by atoms with E-state index in [1.807, 2.05) is 36.5 Å². The van der Waals surface area contributed by atoms with Gasteiger partial charge < -0.3 is 4.42 Å². The Morgan fingerprint density at radius 2 is 2.00 bits per heavy atom. The molecule has 114 valence electrons. The molecule has 0 unspecified atom stereocenters. The number of fused-ring (bicyclic) bond motifs is 3. The van der Waals surface area contributed by atoms with E-state index >= 15 is 0 Å².